The van der Waals surface area contributed by atoms with Gasteiger partial charge >= 0.3 is 0 Å². The predicted octanol–water partition coefficient (Wildman–Crippen LogP) is 2.76. The van der Waals surface area contributed by atoms with Gasteiger partial charge in [-0.3, -0.25) is 14.4 Å². The Kier molecular flexibility index (Phi) is 6.58. The van der Waals surface area contributed by atoms with Crippen molar-refractivity contribution in [2.45, 2.75) is 25.7 Å². The van der Waals surface area contributed by atoms with Gasteiger partial charge in [-0.1, -0.05) is 24.3 Å². The van der Waals surface area contributed by atoms with Crippen molar-refractivity contribution in [1.82, 2.24) is 19.8 Å². The summed E-state index contributed by atoms with van der Waals surface area (Å²) in [6.45, 7) is 1.84. The molecule has 7 nitrogen and oxygen atoms in total. The number of aromatic nitrogens is 2. The van der Waals surface area contributed by atoms with Crippen LogP contribution in [-0.2, 0) is 11.2 Å². The number of hydrogen-bond donors (Lipinski definition) is 1. The summed E-state index contributed by atoms with van der Waals surface area (Å²) in [4.78, 5) is 48.1. The molecule has 166 valence electrons. The fourth-order valence-corrected chi connectivity index (χ4v) is 3.99. The molecule has 32 heavy (non-hydrogen) atoms. The lowest BCUT2D eigenvalue weighted by Gasteiger charge is -2.22. The number of rotatable bonds is 5. The number of H-pyrrole nitrogens is 1. The van der Waals surface area contributed by atoms with Crippen molar-refractivity contribution in [2.75, 3.05) is 26.2 Å². The summed E-state index contributed by atoms with van der Waals surface area (Å²) < 4.78 is 14.0. The highest BCUT2D eigenvalue weighted by molar-refractivity contribution is 5.94. The molecule has 1 fully saturated rings. The van der Waals surface area contributed by atoms with Crippen molar-refractivity contribution in [3.63, 3.8) is 0 Å². The number of carbonyl (C=O) groups excluding carboxylic acids is 2. The maximum Gasteiger partial charge on any atom is 0.258 e. The van der Waals surface area contributed by atoms with Gasteiger partial charge < -0.3 is 14.8 Å². The molecule has 0 bridgehead atoms. The molecule has 2 heterocycles. The number of nitrogens with one attached hydrogen (secondary N) is 1. The van der Waals surface area contributed by atoms with Gasteiger partial charge in [-0.2, -0.15) is 0 Å². The van der Waals surface area contributed by atoms with Crippen LogP contribution in [0.4, 0.5) is 4.39 Å². The van der Waals surface area contributed by atoms with E-state index in [1.807, 2.05) is 6.07 Å². The molecule has 4 rings (SSSR count). The van der Waals surface area contributed by atoms with Crippen LogP contribution in [0.15, 0.2) is 53.3 Å². The Morgan fingerprint density at radius 3 is 2.53 bits per heavy atom. The van der Waals surface area contributed by atoms with E-state index >= 15 is 0 Å². The lowest BCUT2D eigenvalue weighted by molar-refractivity contribution is -0.131. The fourth-order valence-electron chi connectivity index (χ4n) is 3.99. The second-order valence-corrected chi connectivity index (χ2v) is 7.89. The molecule has 0 radical (unpaired) electrons. The monoisotopic (exact) mass is 436 g/mol. The minimum atomic E-state index is -0.532. The van der Waals surface area contributed by atoms with Gasteiger partial charge in [0, 0.05) is 39.0 Å². The normalized spacial score (nSPS) is 14.4. The second-order valence-electron chi connectivity index (χ2n) is 7.89. The first-order chi connectivity index (χ1) is 15.5. The molecule has 0 aliphatic carbocycles. The van der Waals surface area contributed by atoms with Crippen LogP contribution in [0.5, 0.6) is 0 Å². The van der Waals surface area contributed by atoms with Gasteiger partial charge in [-0.15, -0.1) is 0 Å². The topological polar surface area (TPSA) is 86.4 Å². The molecule has 1 N–H and O–H groups in total. The van der Waals surface area contributed by atoms with Gasteiger partial charge in [0.1, 0.15) is 11.6 Å². The molecule has 8 heteroatoms. The number of hydrogen-bond acceptors (Lipinski definition) is 4. The summed E-state index contributed by atoms with van der Waals surface area (Å²) in [5.74, 6) is -0.300. The van der Waals surface area contributed by atoms with Crippen LogP contribution in [0, 0.1) is 5.82 Å². The van der Waals surface area contributed by atoms with Gasteiger partial charge in [0.15, 0.2) is 0 Å². The number of benzene rings is 2. The van der Waals surface area contributed by atoms with E-state index < -0.39 is 5.82 Å². The van der Waals surface area contributed by atoms with Crippen LogP contribution in [0.25, 0.3) is 10.9 Å². The maximum atomic E-state index is 14.0. The number of halogens is 1. The van der Waals surface area contributed by atoms with Crippen LogP contribution in [-0.4, -0.2) is 57.8 Å². The highest BCUT2D eigenvalue weighted by Crippen LogP contribution is 2.14. The van der Waals surface area contributed by atoms with Gasteiger partial charge in [0.05, 0.1) is 16.5 Å². The van der Waals surface area contributed by atoms with E-state index in [2.05, 4.69) is 9.97 Å². The van der Waals surface area contributed by atoms with Crippen molar-refractivity contribution in [3.8, 4) is 0 Å². The lowest BCUT2D eigenvalue weighted by atomic mass is 10.2. The SMILES string of the molecule is O=C(CCCc1nc2ccccc2c(=O)[nH]1)N1CCCN(C(=O)c2ccccc2F)CC1. The van der Waals surface area contributed by atoms with E-state index in [0.717, 1.165) is 0 Å². The molecule has 0 spiro atoms. The summed E-state index contributed by atoms with van der Waals surface area (Å²) >= 11 is 0. The number of nitrogens with zero attached hydrogens (tertiary/aromatic N) is 3. The summed E-state index contributed by atoms with van der Waals surface area (Å²) in [6.07, 6.45) is 2.04. The molecule has 0 unspecified atom stereocenters. The second kappa shape index (κ2) is 9.72. The van der Waals surface area contributed by atoms with Crippen LogP contribution < -0.4 is 5.56 Å². The highest BCUT2D eigenvalue weighted by Gasteiger charge is 2.24. The molecule has 1 aliphatic heterocycles. The fraction of sp³-hybridized carbons (Fsp3) is 0.333. The number of para-hydroxylation sites is 1. The van der Waals surface area contributed by atoms with Crippen LogP contribution >= 0.6 is 0 Å². The van der Waals surface area contributed by atoms with E-state index in [4.69, 9.17) is 0 Å². The number of amides is 2. The molecule has 1 aliphatic rings. The summed E-state index contributed by atoms with van der Waals surface area (Å²) in [5, 5.41) is 0.548. The molecule has 0 atom stereocenters. The third kappa shape index (κ3) is 4.85. The summed E-state index contributed by atoms with van der Waals surface area (Å²) in [5.41, 5.74) is 0.526. The van der Waals surface area contributed by atoms with Gasteiger partial charge in [0.2, 0.25) is 5.91 Å². The number of carbonyl (C=O) groups is 2. The first kappa shape index (κ1) is 21.7. The first-order valence-electron chi connectivity index (χ1n) is 10.8. The third-order valence-corrected chi connectivity index (χ3v) is 5.71. The third-order valence-electron chi connectivity index (χ3n) is 5.71. The highest BCUT2D eigenvalue weighted by atomic mass is 19.1. The number of fused-ring (bicyclic) bond motifs is 1. The van der Waals surface area contributed by atoms with Crippen molar-refractivity contribution in [2.24, 2.45) is 0 Å². The Bertz CT molecular complexity index is 1190. The average molecular weight is 436 g/mol. The Labute approximate surface area is 184 Å². The molecule has 0 saturated carbocycles. The zero-order chi connectivity index (χ0) is 22.5. The van der Waals surface area contributed by atoms with E-state index in [1.54, 1.807) is 40.1 Å². The summed E-state index contributed by atoms with van der Waals surface area (Å²) in [7, 11) is 0. The van der Waals surface area contributed by atoms with E-state index in [0.29, 0.717) is 68.6 Å². The van der Waals surface area contributed by atoms with Gasteiger partial charge in [-0.05, 0) is 37.1 Å². The van der Waals surface area contributed by atoms with E-state index in [9.17, 15) is 18.8 Å². The molecule has 2 amide bonds. The Balaban J connectivity index is 1.30. The first-order valence-corrected chi connectivity index (χ1v) is 10.8. The quantitative estimate of drug-likeness (QED) is 0.666. The van der Waals surface area contributed by atoms with Crippen molar-refractivity contribution in [3.05, 3.63) is 76.1 Å². The molecule has 1 saturated heterocycles. The van der Waals surface area contributed by atoms with Gasteiger partial charge in [0.25, 0.3) is 11.5 Å². The Morgan fingerprint density at radius 1 is 0.969 bits per heavy atom. The van der Waals surface area contributed by atoms with Crippen LogP contribution in [0.2, 0.25) is 0 Å². The zero-order valence-electron chi connectivity index (χ0n) is 17.7. The van der Waals surface area contributed by atoms with E-state index in [1.165, 1.54) is 12.1 Å². The lowest BCUT2D eigenvalue weighted by Crippen LogP contribution is -2.37. The minimum Gasteiger partial charge on any atom is -0.341 e. The molecular weight excluding hydrogens is 411 g/mol. The molecular formula is C24H25FN4O3. The Hall–Kier alpha value is -3.55. The molecule has 2 aromatic carbocycles. The largest absolute Gasteiger partial charge is 0.341 e. The standard InChI is InChI=1S/C24H25FN4O3/c25-19-9-3-1-7-17(19)24(32)29-14-6-13-28(15-16-29)22(30)12-5-11-21-26-20-10-4-2-8-18(20)23(31)27-21/h1-4,7-10H,5-6,11-16H2,(H,26,27,31). The number of aryl methyl sites for hydroxylation is 1. The minimum absolute atomic E-state index is 0.00771. The van der Waals surface area contributed by atoms with E-state index in [-0.39, 0.29) is 22.9 Å². The smallest absolute Gasteiger partial charge is 0.258 e. The maximum absolute atomic E-state index is 14.0. The zero-order valence-corrected chi connectivity index (χ0v) is 17.7. The van der Waals surface area contributed by atoms with Crippen molar-refractivity contribution in [1.29, 1.82) is 0 Å². The average Bonchev–Trinajstić information content (AvgIpc) is 3.05. The molecule has 3 aromatic rings. The van der Waals surface area contributed by atoms with Gasteiger partial charge in [-0.25, -0.2) is 9.37 Å². The van der Waals surface area contributed by atoms with Crippen molar-refractivity contribution < 1.29 is 14.0 Å². The Morgan fingerprint density at radius 2 is 1.69 bits per heavy atom. The number of aromatic amines is 1. The predicted molar refractivity (Wildman–Crippen MR) is 119 cm³/mol. The van der Waals surface area contributed by atoms with Crippen molar-refractivity contribution >= 4 is 22.7 Å². The molecule has 1 aromatic heterocycles. The van der Waals surface area contributed by atoms with Crippen LogP contribution in [0.1, 0.15) is 35.4 Å². The summed E-state index contributed by atoms with van der Waals surface area (Å²) in [6, 6.07) is 13.1. The van der Waals surface area contributed by atoms with Crippen LogP contribution in [0.3, 0.4) is 0 Å².